The molecule has 1 aromatic rings. The molecular formula is C11H12FNO. The molecule has 74 valence electrons. The van der Waals surface area contributed by atoms with Crippen molar-refractivity contribution in [2.45, 2.75) is 11.8 Å². The van der Waals surface area contributed by atoms with E-state index in [0.717, 1.165) is 37.4 Å². The zero-order valence-electron chi connectivity index (χ0n) is 7.85. The standard InChI is InChI=1S/C11H12FNO/c12-8-1-2-10-9(5-8)11(6-13-10)3-4-14-7-11/h1-2,5,13H,3-4,6-7H2/t11-/m0/s1. The van der Waals surface area contributed by atoms with Crippen molar-refractivity contribution in [3.63, 3.8) is 0 Å². The lowest BCUT2D eigenvalue weighted by Gasteiger charge is -2.20. The number of halogens is 1. The smallest absolute Gasteiger partial charge is 0.123 e. The molecule has 3 heteroatoms. The summed E-state index contributed by atoms with van der Waals surface area (Å²) in [5.74, 6) is -0.154. The lowest BCUT2D eigenvalue weighted by Crippen LogP contribution is -2.28. The molecular weight excluding hydrogens is 181 g/mol. The maximum atomic E-state index is 13.1. The normalized spacial score (nSPS) is 29.2. The van der Waals surface area contributed by atoms with Crippen molar-refractivity contribution < 1.29 is 9.13 Å². The van der Waals surface area contributed by atoms with Crippen LogP contribution in [0.2, 0.25) is 0 Å². The highest BCUT2D eigenvalue weighted by Crippen LogP contribution is 2.42. The number of anilines is 1. The van der Waals surface area contributed by atoms with Gasteiger partial charge in [0, 0.05) is 24.3 Å². The molecule has 2 nitrogen and oxygen atoms in total. The van der Waals surface area contributed by atoms with Gasteiger partial charge in [-0.15, -0.1) is 0 Å². The van der Waals surface area contributed by atoms with Crippen molar-refractivity contribution in [2.24, 2.45) is 0 Å². The van der Waals surface area contributed by atoms with Crippen molar-refractivity contribution in [1.29, 1.82) is 0 Å². The van der Waals surface area contributed by atoms with Crippen LogP contribution in [-0.4, -0.2) is 19.8 Å². The monoisotopic (exact) mass is 193 g/mol. The number of hydrogen-bond donors (Lipinski definition) is 1. The van der Waals surface area contributed by atoms with Gasteiger partial charge in [-0.3, -0.25) is 0 Å². The van der Waals surface area contributed by atoms with Gasteiger partial charge in [0.15, 0.2) is 0 Å². The fourth-order valence-corrected chi connectivity index (χ4v) is 2.43. The Kier molecular flexibility index (Phi) is 1.59. The Morgan fingerprint density at radius 1 is 1.43 bits per heavy atom. The summed E-state index contributed by atoms with van der Waals surface area (Å²) in [6.45, 7) is 2.39. The minimum atomic E-state index is -0.154. The van der Waals surface area contributed by atoms with Crippen LogP contribution in [0, 0.1) is 5.82 Å². The van der Waals surface area contributed by atoms with Crippen LogP contribution in [-0.2, 0) is 10.2 Å². The largest absolute Gasteiger partial charge is 0.384 e. The van der Waals surface area contributed by atoms with Crippen molar-refractivity contribution in [1.82, 2.24) is 0 Å². The highest BCUT2D eigenvalue weighted by Gasteiger charge is 2.42. The zero-order valence-corrected chi connectivity index (χ0v) is 7.85. The topological polar surface area (TPSA) is 21.3 Å². The minimum absolute atomic E-state index is 0.0391. The van der Waals surface area contributed by atoms with Crippen LogP contribution in [0.15, 0.2) is 18.2 Å². The van der Waals surface area contributed by atoms with Gasteiger partial charge in [0.2, 0.25) is 0 Å². The molecule has 1 atom stereocenters. The van der Waals surface area contributed by atoms with Gasteiger partial charge < -0.3 is 10.1 Å². The van der Waals surface area contributed by atoms with Crippen LogP contribution in [0.1, 0.15) is 12.0 Å². The third-order valence-electron chi connectivity index (χ3n) is 3.27. The molecule has 1 fully saturated rings. The Balaban J connectivity index is 2.12. The van der Waals surface area contributed by atoms with Crippen LogP contribution >= 0.6 is 0 Å². The number of hydrogen-bond acceptors (Lipinski definition) is 2. The number of nitrogens with one attached hydrogen (secondary N) is 1. The summed E-state index contributed by atoms with van der Waals surface area (Å²) in [6, 6.07) is 4.96. The SMILES string of the molecule is Fc1ccc2c(c1)[C@@]1(CCOC1)CN2. The first-order valence-electron chi connectivity index (χ1n) is 4.92. The maximum Gasteiger partial charge on any atom is 0.123 e. The van der Waals surface area contributed by atoms with Crippen molar-refractivity contribution in [3.8, 4) is 0 Å². The van der Waals surface area contributed by atoms with Gasteiger partial charge >= 0.3 is 0 Å². The van der Waals surface area contributed by atoms with Gasteiger partial charge in [-0.2, -0.15) is 0 Å². The number of benzene rings is 1. The van der Waals surface area contributed by atoms with Gasteiger partial charge in [-0.25, -0.2) is 4.39 Å². The first kappa shape index (κ1) is 8.24. The second kappa shape index (κ2) is 2.70. The maximum absolute atomic E-state index is 13.1. The number of rotatable bonds is 0. The van der Waals surface area contributed by atoms with Crippen LogP contribution in [0.5, 0.6) is 0 Å². The first-order chi connectivity index (χ1) is 6.80. The van der Waals surface area contributed by atoms with Gasteiger partial charge in [0.1, 0.15) is 5.82 Å². The molecule has 1 N–H and O–H groups in total. The molecule has 2 aliphatic rings. The first-order valence-corrected chi connectivity index (χ1v) is 4.92. The fraction of sp³-hybridized carbons (Fsp3) is 0.455. The quantitative estimate of drug-likeness (QED) is 0.679. The highest BCUT2D eigenvalue weighted by atomic mass is 19.1. The van der Waals surface area contributed by atoms with Crippen molar-refractivity contribution >= 4 is 5.69 Å². The lowest BCUT2D eigenvalue weighted by atomic mass is 9.82. The van der Waals surface area contributed by atoms with Crippen molar-refractivity contribution in [2.75, 3.05) is 25.1 Å². The zero-order chi connectivity index (χ0) is 9.60. The van der Waals surface area contributed by atoms with E-state index in [1.807, 2.05) is 6.07 Å². The summed E-state index contributed by atoms with van der Waals surface area (Å²) in [6.07, 6.45) is 0.996. The minimum Gasteiger partial charge on any atom is -0.384 e. The summed E-state index contributed by atoms with van der Waals surface area (Å²) < 4.78 is 18.5. The summed E-state index contributed by atoms with van der Waals surface area (Å²) in [7, 11) is 0. The van der Waals surface area contributed by atoms with Crippen LogP contribution < -0.4 is 5.32 Å². The summed E-state index contributed by atoms with van der Waals surface area (Å²) in [5.41, 5.74) is 2.20. The second-order valence-corrected chi connectivity index (χ2v) is 4.13. The predicted octanol–water partition coefficient (Wildman–Crippen LogP) is 1.91. The molecule has 0 bridgehead atoms. The molecule has 2 aliphatic heterocycles. The van der Waals surface area contributed by atoms with Gasteiger partial charge in [-0.05, 0) is 30.2 Å². The molecule has 1 aromatic carbocycles. The molecule has 3 rings (SSSR count). The molecule has 2 heterocycles. The van der Waals surface area contributed by atoms with E-state index in [1.165, 1.54) is 6.07 Å². The van der Waals surface area contributed by atoms with E-state index in [4.69, 9.17) is 4.74 Å². The Morgan fingerprint density at radius 3 is 3.14 bits per heavy atom. The Morgan fingerprint density at radius 2 is 2.36 bits per heavy atom. The molecule has 0 radical (unpaired) electrons. The third kappa shape index (κ3) is 0.989. The number of fused-ring (bicyclic) bond motifs is 2. The van der Waals surface area contributed by atoms with Crippen LogP contribution in [0.3, 0.4) is 0 Å². The Labute approximate surface area is 82.1 Å². The van der Waals surface area contributed by atoms with Crippen LogP contribution in [0.4, 0.5) is 10.1 Å². The average molecular weight is 193 g/mol. The van der Waals surface area contributed by atoms with E-state index >= 15 is 0 Å². The number of ether oxygens (including phenoxy) is 1. The average Bonchev–Trinajstić information content (AvgIpc) is 2.77. The van der Waals surface area contributed by atoms with E-state index in [9.17, 15) is 4.39 Å². The molecule has 0 aliphatic carbocycles. The third-order valence-corrected chi connectivity index (χ3v) is 3.27. The van der Waals surface area contributed by atoms with Gasteiger partial charge in [-0.1, -0.05) is 0 Å². The molecule has 1 saturated heterocycles. The summed E-state index contributed by atoms with van der Waals surface area (Å²) in [5, 5.41) is 3.31. The predicted molar refractivity (Wildman–Crippen MR) is 52.0 cm³/mol. The van der Waals surface area contributed by atoms with E-state index in [1.54, 1.807) is 6.07 Å². The lowest BCUT2D eigenvalue weighted by molar-refractivity contribution is 0.181. The second-order valence-electron chi connectivity index (χ2n) is 4.13. The van der Waals surface area contributed by atoms with E-state index in [0.29, 0.717) is 0 Å². The van der Waals surface area contributed by atoms with Gasteiger partial charge in [0.05, 0.1) is 6.61 Å². The van der Waals surface area contributed by atoms with Crippen molar-refractivity contribution in [3.05, 3.63) is 29.6 Å². The molecule has 0 amide bonds. The molecule has 0 saturated carbocycles. The van der Waals surface area contributed by atoms with E-state index in [-0.39, 0.29) is 11.2 Å². The molecule has 14 heavy (non-hydrogen) atoms. The molecule has 1 spiro atoms. The van der Waals surface area contributed by atoms with Crippen LogP contribution in [0.25, 0.3) is 0 Å². The Hall–Kier alpha value is -1.09. The summed E-state index contributed by atoms with van der Waals surface area (Å²) in [4.78, 5) is 0. The fourth-order valence-electron chi connectivity index (χ4n) is 2.43. The van der Waals surface area contributed by atoms with Gasteiger partial charge in [0.25, 0.3) is 0 Å². The Bertz CT molecular complexity index is 372. The van der Waals surface area contributed by atoms with E-state index < -0.39 is 0 Å². The highest BCUT2D eigenvalue weighted by molar-refractivity contribution is 5.60. The summed E-state index contributed by atoms with van der Waals surface area (Å²) >= 11 is 0. The van der Waals surface area contributed by atoms with E-state index in [2.05, 4.69) is 5.32 Å². The molecule has 0 aromatic heterocycles. The molecule has 0 unspecified atom stereocenters.